The van der Waals surface area contributed by atoms with E-state index in [4.69, 9.17) is 4.74 Å². The molecule has 1 fully saturated rings. The molecule has 0 N–H and O–H groups in total. The number of pyridine rings is 1. The maximum Gasteiger partial charge on any atom is 0.313 e. The Labute approximate surface area is 135 Å². The Morgan fingerprint density at radius 1 is 1.48 bits per heavy atom. The van der Waals surface area contributed by atoms with Crippen LogP contribution in [0.5, 0.6) is 0 Å². The molecule has 5 heteroatoms. The van der Waals surface area contributed by atoms with Gasteiger partial charge in [0.1, 0.15) is 11.3 Å². The van der Waals surface area contributed by atoms with Gasteiger partial charge in [0.2, 0.25) is 0 Å². The lowest BCUT2D eigenvalue weighted by molar-refractivity contribution is -0.153. The number of aryl methyl sites for hydroxylation is 1. The number of fused-ring (bicyclic) bond motifs is 1. The monoisotopic (exact) mass is 316 g/mol. The quantitative estimate of drug-likeness (QED) is 0.813. The highest BCUT2D eigenvalue weighted by atomic mass is 19.1. The fourth-order valence-electron chi connectivity index (χ4n) is 3.22. The Morgan fingerprint density at radius 2 is 2.26 bits per heavy atom. The molecular formula is C18H21FN2O2. The van der Waals surface area contributed by atoms with Crippen molar-refractivity contribution in [1.29, 1.82) is 0 Å². The molecule has 1 atom stereocenters. The predicted molar refractivity (Wildman–Crippen MR) is 88.0 cm³/mol. The van der Waals surface area contributed by atoms with Crippen LogP contribution in [0.1, 0.15) is 26.0 Å². The van der Waals surface area contributed by atoms with Gasteiger partial charge in [0.05, 0.1) is 12.0 Å². The zero-order valence-corrected chi connectivity index (χ0v) is 13.7. The Balaban J connectivity index is 1.99. The number of nitrogens with zero attached hydrogens (tertiary/aromatic N) is 2. The first kappa shape index (κ1) is 15.7. The van der Waals surface area contributed by atoms with Crippen LogP contribution in [0.15, 0.2) is 24.3 Å². The topological polar surface area (TPSA) is 42.4 Å². The van der Waals surface area contributed by atoms with Crippen molar-refractivity contribution in [3.63, 3.8) is 0 Å². The van der Waals surface area contributed by atoms with Crippen molar-refractivity contribution in [3.8, 4) is 0 Å². The molecule has 1 aromatic carbocycles. The molecule has 1 unspecified atom stereocenters. The summed E-state index contributed by atoms with van der Waals surface area (Å²) in [4.78, 5) is 18.7. The van der Waals surface area contributed by atoms with Crippen LogP contribution in [0.4, 0.5) is 10.1 Å². The molecular weight excluding hydrogens is 295 g/mol. The maximum absolute atomic E-state index is 14.1. The first-order valence-corrected chi connectivity index (χ1v) is 7.92. The molecule has 23 heavy (non-hydrogen) atoms. The Bertz CT molecular complexity index is 762. The fourth-order valence-corrected chi connectivity index (χ4v) is 3.22. The summed E-state index contributed by atoms with van der Waals surface area (Å²) < 4.78 is 19.3. The summed E-state index contributed by atoms with van der Waals surface area (Å²) in [6.45, 7) is 7.30. The van der Waals surface area contributed by atoms with Gasteiger partial charge in [-0.15, -0.1) is 0 Å². The summed E-state index contributed by atoms with van der Waals surface area (Å²) in [6.07, 6.45) is 0.726. The largest absolute Gasteiger partial charge is 0.466 e. The van der Waals surface area contributed by atoms with E-state index in [0.29, 0.717) is 18.7 Å². The molecule has 1 aromatic heterocycles. The van der Waals surface area contributed by atoms with Crippen molar-refractivity contribution in [2.45, 2.75) is 27.2 Å². The summed E-state index contributed by atoms with van der Waals surface area (Å²) >= 11 is 0. The van der Waals surface area contributed by atoms with Gasteiger partial charge in [-0.2, -0.15) is 0 Å². The lowest BCUT2D eigenvalue weighted by Crippen LogP contribution is -2.33. The van der Waals surface area contributed by atoms with E-state index in [1.165, 1.54) is 6.07 Å². The Hall–Kier alpha value is -2.17. The van der Waals surface area contributed by atoms with Crippen LogP contribution in [0.2, 0.25) is 0 Å². The summed E-state index contributed by atoms with van der Waals surface area (Å²) in [7, 11) is 0. The van der Waals surface area contributed by atoms with E-state index in [-0.39, 0.29) is 11.8 Å². The highest BCUT2D eigenvalue weighted by Crippen LogP contribution is 2.37. The molecule has 2 aromatic rings. The molecule has 2 heterocycles. The van der Waals surface area contributed by atoms with Gasteiger partial charge in [-0.3, -0.25) is 4.79 Å². The number of benzene rings is 1. The molecule has 1 aliphatic heterocycles. The Kier molecular flexibility index (Phi) is 3.96. The maximum atomic E-state index is 14.1. The van der Waals surface area contributed by atoms with E-state index >= 15 is 0 Å². The molecule has 0 spiro atoms. The number of ether oxygens (including phenoxy) is 1. The van der Waals surface area contributed by atoms with Crippen molar-refractivity contribution >= 4 is 22.6 Å². The number of halogens is 1. The number of aromatic nitrogens is 1. The third-order valence-electron chi connectivity index (χ3n) is 4.48. The zero-order chi connectivity index (χ0) is 16.6. The smallest absolute Gasteiger partial charge is 0.313 e. The molecule has 1 saturated heterocycles. The van der Waals surface area contributed by atoms with Gasteiger partial charge in [0.25, 0.3) is 0 Å². The fraction of sp³-hybridized carbons (Fsp3) is 0.444. The second-order valence-corrected chi connectivity index (χ2v) is 6.37. The van der Waals surface area contributed by atoms with Gasteiger partial charge in [0.15, 0.2) is 0 Å². The first-order valence-electron chi connectivity index (χ1n) is 7.92. The number of carbonyl (C=O) groups excluding carboxylic acids is 1. The van der Waals surface area contributed by atoms with Gasteiger partial charge in [-0.25, -0.2) is 9.37 Å². The highest BCUT2D eigenvalue weighted by Gasteiger charge is 2.42. The molecule has 0 radical (unpaired) electrons. The zero-order valence-electron chi connectivity index (χ0n) is 13.7. The number of para-hydroxylation sites is 1. The second-order valence-electron chi connectivity index (χ2n) is 6.37. The number of hydrogen-bond donors (Lipinski definition) is 0. The van der Waals surface area contributed by atoms with Crippen molar-refractivity contribution in [1.82, 2.24) is 4.98 Å². The lowest BCUT2D eigenvalue weighted by Gasteiger charge is -2.25. The summed E-state index contributed by atoms with van der Waals surface area (Å²) in [5.74, 6) is -0.483. The molecule has 4 nitrogen and oxygen atoms in total. The minimum atomic E-state index is -0.521. The minimum Gasteiger partial charge on any atom is -0.466 e. The number of rotatable bonds is 3. The van der Waals surface area contributed by atoms with Crippen LogP contribution >= 0.6 is 0 Å². The lowest BCUT2D eigenvalue weighted by atomic mass is 9.90. The van der Waals surface area contributed by atoms with Gasteiger partial charge in [0, 0.05) is 29.9 Å². The Morgan fingerprint density at radius 3 is 3.00 bits per heavy atom. The van der Waals surface area contributed by atoms with Crippen LogP contribution in [0, 0.1) is 18.2 Å². The van der Waals surface area contributed by atoms with Crippen molar-refractivity contribution in [2.24, 2.45) is 5.41 Å². The van der Waals surface area contributed by atoms with E-state index in [9.17, 15) is 9.18 Å². The average Bonchev–Trinajstić information content (AvgIpc) is 2.92. The van der Waals surface area contributed by atoms with Gasteiger partial charge in [-0.1, -0.05) is 12.1 Å². The molecule has 0 bridgehead atoms. The van der Waals surface area contributed by atoms with Crippen LogP contribution in [0.3, 0.4) is 0 Å². The van der Waals surface area contributed by atoms with Crippen LogP contribution in [-0.4, -0.2) is 30.6 Å². The van der Waals surface area contributed by atoms with Crippen LogP contribution < -0.4 is 4.90 Å². The van der Waals surface area contributed by atoms with Gasteiger partial charge < -0.3 is 9.64 Å². The molecule has 0 saturated carbocycles. The predicted octanol–water partition coefficient (Wildman–Crippen LogP) is 3.46. The third-order valence-corrected chi connectivity index (χ3v) is 4.48. The summed E-state index contributed by atoms with van der Waals surface area (Å²) in [6, 6.07) is 6.95. The molecule has 0 amide bonds. The van der Waals surface area contributed by atoms with Crippen molar-refractivity contribution in [3.05, 3.63) is 35.8 Å². The standard InChI is InChI=1S/C18H21FN2O2/c1-4-23-17(22)18(3)8-9-21(11-18)15-10-12(2)20-16-13(15)6-5-7-14(16)19/h5-7,10H,4,8-9,11H2,1-3H3. The first-order chi connectivity index (χ1) is 10.9. The molecule has 122 valence electrons. The molecule has 3 rings (SSSR count). The second kappa shape index (κ2) is 5.80. The number of hydrogen-bond acceptors (Lipinski definition) is 4. The number of anilines is 1. The van der Waals surface area contributed by atoms with Crippen LogP contribution in [-0.2, 0) is 9.53 Å². The number of carbonyl (C=O) groups is 1. The average molecular weight is 316 g/mol. The van der Waals surface area contributed by atoms with Gasteiger partial charge in [-0.05, 0) is 39.3 Å². The molecule has 0 aliphatic carbocycles. The van der Waals surface area contributed by atoms with E-state index in [2.05, 4.69) is 9.88 Å². The third kappa shape index (κ3) is 2.76. The highest BCUT2D eigenvalue weighted by molar-refractivity contribution is 5.93. The van der Waals surface area contributed by atoms with Crippen molar-refractivity contribution in [2.75, 3.05) is 24.6 Å². The molecule has 1 aliphatic rings. The van der Waals surface area contributed by atoms with Crippen LogP contribution in [0.25, 0.3) is 10.9 Å². The van der Waals surface area contributed by atoms with E-state index in [1.54, 1.807) is 6.07 Å². The van der Waals surface area contributed by atoms with E-state index in [0.717, 1.165) is 29.7 Å². The summed E-state index contributed by atoms with van der Waals surface area (Å²) in [5, 5.41) is 0.781. The van der Waals surface area contributed by atoms with Gasteiger partial charge >= 0.3 is 5.97 Å². The normalized spacial score (nSPS) is 21.0. The van der Waals surface area contributed by atoms with E-state index < -0.39 is 5.41 Å². The minimum absolute atomic E-state index is 0.163. The SMILES string of the molecule is CCOC(=O)C1(C)CCN(c2cc(C)nc3c(F)cccc23)C1. The van der Waals surface area contributed by atoms with E-state index in [1.807, 2.05) is 32.9 Å². The van der Waals surface area contributed by atoms with Crippen molar-refractivity contribution < 1.29 is 13.9 Å². The summed E-state index contributed by atoms with van der Waals surface area (Å²) in [5.41, 5.74) is 1.56. The number of esters is 1.